The Morgan fingerprint density at radius 1 is 1.23 bits per heavy atom. The van der Waals surface area contributed by atoms with E-state index in [2.05, 4.69) is 5.32 Å². The van der Waals surface area contributed by atoms with Crippen LogP contribution < -0.4 is 5.32 Å². The zero-order valence-corrected chi connectivity index (χ0v) is 16.2. The molecule has 1 unspecified atom stereocenters. The fourth-order valence-corrected chi connectivity index (χ4v) is 4.02. The average Bonchev–Trinajstić information content (AvgIpc) is 3.07. The van der Waals surface area contributed by atoms with Crippen LogP contribution in [0.15, 0.2) is 45.9 Å². The maximum atomic E-state index is 12.5. The number of nitrogens with one attached hydrogen (secondary N) is 1. The number of benzene rings is 1. The molecular formula is C18H21NO5S2. The number of furan rings is 1. The van der Waals surface area contributed by atoms with Crippen LogP contribution in [0.5, 0.6) is 0 Å². The molecule has 1 aromatic carbocycles. The van der Waals surface area contributed by atoms with Crippen LogP contribution in [-0.2, 0) is 5.75 Å². The lowest BCUT2D eigenvalue weighted by molar-refractivity contribution is 0.0694. The first-order valence-corrected chi connectivity index (χ1v) is 10.2. The lowest BCUT2D eigenvalue weighted by Crippen LogP contribution is -2.42. The van der Waals surface area contributed by atoms with E-state index in [0.717, 1.165) is 0 Å². The number of aliphatic hydroxyl groups is 1. The van der Waals surface area contributed by atoms with Crippen molar-refractivity contribution < 1.29 is 24.2 Å². The predicted octanol–water partition coefficient (Wildman–Crippen LogP) is 3.11. The number of aromatic carboxylic acids is 1. The first-order valence-electron chi connectivity index (χ1n) is 7.85. The van der Waals surface area contributed by atoms with Gasteiger partial charge in [0, 0.05) is 17.2 Å². The van der Waals surface area contributed by atoms with Crippen molar-refractivity contribution in [2.75, 3.05) is 18.6 Å². The highest BCUT2D eigenvalue weighted by Crippen LogP contribution is 2.28. The van der Waals surface area contributed by atoms with Crippen LogP contribution in [0.25, 0.3) is 0 Å². The normalized spacial score (nSPS) is 13.2. The molecule has 2 rings (SSSR count). The third-order valence-electron chi connectivity index (χ3n) is 3.55. The molecule has 1 heterocycles. The summed E-state index contributed by atoms with van der Waals surface area (Å²) in [6, 6.07) is 8.46. The average molecular weight is 396 g/mol. The van der Waals surface area contributed by atoms with Crippen LogP contribution in [0.4, 0.5) is 0 Å². The first-order chi connectivity index (χ1) is 12.3. The Morgan fingerprint density at radius 2 is 1.96 bits per heavy atom. The topological polar surface area (TPSA) is 99.8 Å². The molecule has 26 heavy (non-hydrogen) atoms. The van der Waals surface area contributed by atoms with Gasteiger partial charge >= 0.3 is 5.97 Å². The lowest BCUT2D eigenvalue weighted by atomic mass is 10.1. The zero-order chi connectivity index (χ0) is 19.2. The summed E-state index contributed by atoms with van der Waals surface area (Å²) in [6.45, 7) is 1.82. The van der Waals surface area contributed by atoms with Gasteiger partial charge in [0.25, 0.3) is 5.91 Å². The molecular weight excluding hydrogens is 374 g/mol. The van der Waals surface area contributed by atoms with E-state index in [0.29, 0.717) is 27.7 Å². The predicted molar refractivity (Wildman–Crippen MR) is 103 cm³/mol. The van der Waals surface area contributed by atoms with Gasteiger partial charge in [-0.25, -0.2) is 4.79 Å². The van der Waals surface area contributed by atoms with Crippen molar-refractivity contribution in [3.05, 3.63) is 53.5 Å². The highest BCUT2D eigenvalue weighted by Gasteiger charge is 2.22. The molecule has 6 nitrogen and oxygen atoms in total. The number of hydrogen-bond donors (Lipinski definition) is 3. The Hall–Kier alpha value is -1.90. The van der Waals surface area contributed by atoms with Crippen molar-refractivity contribution in [1.82, 2.24) is 5.32 Å². The minimum absolute atomic E-state index is 0.118. The molecule has 0 radical (unpaired) electrons. The second kappa shape index (κ2) is 9.16. The number of carboxylic acids is 1. The highest BCUT2D eigenvalue weighted by molar-refractivity contribution is 7.98. The zero-order valence-electron chi connectivity index (χ0n) is 14.5. The summed E-state index contributed by atoms with van der Waals surface area (Å²) >= 11 is 2.83. The summed E-state index contributed by atoms with van der Waals surface area (Å²) in [6.07, 6.45) is 3.23. The van der Waals surface area contributed by atoms with Gasteiger partial charge in [0.2, 0.25) is 0 Å². The van der Waals surface area contributed by atoms with Gasteiger partial charge in [0.05, 0.1) is 23.2 Å². The van der Waals surface area contributed by atoms with Crippen molar-refractivity contribution in [3.63, 3.8) is 0 Å². The standard InChI is InChI=1S/C18H21NO5S2/c1-18(23,11-25-2)10-19-16(20)13-5-3-4-6-15(13)26-9-14-12(17(21)22)7-8-24-14/h3-8,23H,9-11H2,1-2H3,(H,19,20)(H,21,22). The van der Waals surface area contributed by atoms with E-state index in [1.807, 2.05) is 12.3 Å². The summed E-state index contributed by atoms with van der Waals surface area (Å²) in [5.74, 6) is -0.173. The number of carboxylic acid groups (broad SMARTS) is 1. The van der Waals surface area contributed by atoms with E-state index >= 15 is 0 Å². The van der Waals surface area contributed by atoms with Crippen molar-refractivity contribution in [1.29, 1.82) is 0 Å². The van der Waals surface area contributed by atoms with Crippen LogP contribution in [0.3, 0.4) is 0 Å². The van der Waals surface area contributed by atoms with E-state index in [1.165, 1.54) is 35.9 Å². The van der Waals surface area contributed by atoms with Crippen molar-refractivity contribution in [2.45, 2.75) is 23.2 Å². The van der Waals surface area contributed by atoms with Gasteiger partial charge < -0.3 is 19.9 Å². The van der Waals surface area contributed by atoms with Crippen LogP contribution in [-0.4, -0.2) is 46.2 Å². The second-order valence-electron chi connectivity index (χ2n) is 5.96. The molecule has 1 atom stereocenters. The molecule has 8 heteroatoms. The van der Waals surface area contributed by atoms with E-state index in [9.17, 15) is 14.7 Å². The molecule has 0 saturated carbocycles. The summed E-state index contributed by atoms with van der Waals surface area (Å²) in [5, 5.41) is 22.1. The third-order valence-corrected chi connectivity index (χ3v) is 5.54. The molecule has 0 bridgehead atoms. The summed E-state index contributed by atoms with van der Waals surface area (Å²) in [4.78, 5) is 24.3. The largest absolute Gasteiger partial charge is 0.478 e. The third kappa shape index (κ3) is 5.55. The SMILES string of the molecule is CSCC(C)(O)CNC(=O)c1ccccc1SCc1occc1C(=O)O. The van der Waals surface area contributed by atoms with Gasteiger partial charge in [-0.05, 0) is 31.4 Å². The maximum absolute atomic E-state index is 12.5. The maximum Gasteiger partial charge on any atom is 0.339 e. The van der Waals surface area contributed by atoms with Crippen molar-refractivity contribution in [2.24, 2.45) is 0 Å². The summed E-state index contributed by atoms with van der Waals surface area (Å²) in [7, 11) is 0. The summed E-state index contributed by atoms with van der Waals surface area (Å²) in [5.41, 5.74) is -0.393. The summed E-state index contributed by atoms with van der Waals surface area (Å²) < 4.78 is 5.23. The Kier molecular flexibility index (Phi) is 7.19. The van der Waals surface area contributed by atoms with Gasteiger partial charge in [-0.2, -0.15) is 11.8 Å². The van der Waals surface area contributed by atoms with E-state index < -0.39 is 11.6 Å². The molecule has 2 aromatic rings. The minimum Gasteiger partial charge on any atom is -0.478 e. The number of thioether (sulfide) groups is 2. The van der Waals surface area contributed by atoms with Crippen LogP contribution in [0.2, 0.25) is 0 Å². The second-order valence-corrected chi connectivity index (χ2v) is 7.84. The van der Waals surface area contributed by atoms with Gasteiger partial charge in [0.1, 0.15) is 11.3 Å². The highest BCUT2D eigenvalue weighted by atomic mass is 32.2. The Bertz CT molecular complexity index is 772. The fourth-order valence-electron chi connectivity index (χ4n) is 2.29. The number of carbonyl (C=O) groups excluding carboxylic acids is 1. The molecule has 1 aromatic heterocycles. The monoisotopic (exact) mass is 395 g/mol. The van der Waals surface area contributed by atoms with Gasteiger partial charge in [-0.15, -0.1) is 11.8 Å². The van der Waals surface area contributed by atoms with Crippen molar-refractivity contribution in [3.8, 4) is 0 Å². The Labute approximate surface area is 160 Å². The van der Waals surface area contributed by atoms with Crippen LogP contribution in [0.1, 0.15) is 33.4 Å². The van der Waals surface area contributed by atoms with E-state index in [1.54, 1.807) is 25.1 Å². The quantitative estimate of drug-likeness (QED) is 0.561. The number of carbonyl (C=O) groups is 2. The molecule has 1 amide bonds. The molecule has 3 N–H and O–H groups in total. The van der Waals surface area contributed by atoms with Crippen molar-refractivity contribution >= 4 is 35.4 Å². The van der Waals surface area contributed by atoms with Gasteiger partial charge in [-0.1, -0.05) is 12.1 Å². The van der Waals surface area contributed by atoms with Crippen LogP contribution >= 0.6 is 23.5 Å². The first kappa shape index (κ1) is 20.4. The molecule has 0 fully saturated rings. The molecule has 0 aliphatic carbocycles. The van der Waals surface area contributed by atoms with E-state index in [4.69, 9.17) is 9.52 Å². The fraction of sp³-hybridized carbons (Fsp3) is 0.333. The minimum atomic E-state index is -1.04. The van der Waals surface area contributed by atoms with E-state index in [-0.39, 0.29) is 18.0 Å². The van der Waals surface area contributed by atoms with Gasteiger partial charge in [0.15, 0.2) is 0 Å². The molecule has 0 saturated heterocycles. The molecule has 140 valence electrons. The molecule has 0 aliphatic heterocycles. The van der Waals surface area contributed by atoms with Gasteiger partial charge in [-0.3, -0.25) is 4.79 Å². The molecule has 0 aliphatic rings. The molecule has 0 spiro atoms. The Balaban J connectivity index is 2.06. The van der Waals surface area contributed by atoms with Crippen LogP contribution in [0, 0.1) is 0 Å². The Morgan fingerprint density at radius 3 is 2.65 bits per heavy atom. The lowest BCUT2D eigenvalue weighted by Gasteiger charge is -2.22. The number of rotatable bonds is 9. The smallest absolute Gasteiger partial charge is 0.339 e. The number of amides is 1. The number of hydrogen-bond acceptors (Lipinski definition) is 6.